The first-order chi connectivity index (χ1) is 13.5. The van der Waals surface area contributed by atoms with Crippen LogP contribution in [0.3, 0.4) is 0 Å². The van der Waals surface area contributed by atoms with Gasteiger partial charge < -0.3 is 9.94 Å². The minimum Gasteiger partial charge on any atom is -0.478 e. The number of hydrogen-bond donors (Lipinski definition) is 1. The zero-order valence-corrected chi connectivity index (χ0v) is 18.9. The lowest BCUT2D eigenvalue weighted by Gasteiger charge is -2.24. The summed E-state index contributed by atoms with van der Waals surface area (Å²) in [5, 5.41) is 16.6. The lowest BCUT2D eigenvalue weighted by molar-refractivity contribution is -0.133. The molecule has 1 aromatic carbocycles. The van der Waals surface area contributed by atoms with Crippen molar-refractivity contribution >= 4 is 58.6 Å². The van der Waals surface area contributed by atoms with Crippen molar-refractivity contribution in [3.63, 3.8) is 0 Å². The molecule has 156 valence electrons. The van der Waals surface area contributed by atoms with Gasteiger partial charge in [-0.25, -0.2) is 4.79 Å². The van der Waals surface area contributed by atoms with Gasteiger partial charge in [0.25, 0.3) is 0 Å². The number of halogens is 3. The van der Waals surface area contributed by atoms with Crippen LogP contribution < -0.4 is 0 Å². The summed E-state index contributed by atoms with van der Waals surface area (Å²) < 4.78 is 0. The van der Waals surface area contributed by atoms with Gasteiger partial charge in [-0.15, -0.1) is 23.7 Å². The van der Waals surface area contributed by atoms with Crippen molar-refractivity contribution in [2.45, 2.75) is 13.3 Å². The number of oxime groups is 1. The Morgan fingerprint density at radius 2 is 2.14 bits per heavy atom. The first-order valence-electron chi connectivity index (χ1n) is 8.80. The molecule has 2 aromatic rings. The normalized spacial score (nSPS) is 14.9. The van der Waals surface area contributed by atoms with E-state index >= 15 is 0 Å². The van der Waals surface area contributed by atoms with Crippen LogP contribution in [0.25, 0.3) is 0 Å². The molecule has 1 aliphatic rings. The van der Waals surface area contributed by atoms with Crippen LogP contribution in [0.4, 0.5) is 0 Å². The van der Waals surface area contributed by atoms with E-state index in [0.29, 0.717) is 41.0 Å². The number of carboxylic acid groups (broad SMARTS) is 1. The summed E-state index contributed by atoms with van der Waals surface area (Å²) in [6, 6.07) is 7.31. The summed E-state index contributed by atoms with van der Waals surface area (Å²) in [5.41, 5.74) is 2.94. The second-order valence-corrected chi connectivity index (χ2v) is 8.19. The molecule has 5 nitrogen and oxygen atoms in total. The fraction of sp³-hybridized carbons (Fsp3) is 0.300. The number of hydrogen-bond acceptors (Lipinski definition) is 5. The Kier molecular flexibility index (Phi) is 8.99. The Hall–Kier alpha value is -1.57. The summed E-state index contributed by atoms with van der Waals surface area (Å²) in [7, 11) is 0. The van der Waals surface area contributed by atoms with Crippen LogP contribution in [0.15, 0.2) is 46.5 Å². The third-order valence-corrected chi connectivity index (χ3v) is 5.99. The smallest absolute Gasteiger partial charge is 0.332 e. The predicted octanol–water partition coefficient (Wildman–Crippen LogP) is 5.27. The zero-order chi connectivity index (χ0) is 20.1. The van der Waals surface area contributed by atoms with E-state index in [1.165, 1.54) is 0 Å². The largest absolute Gasteiger partial charge is 0.478 e. The summed E-state index contributed by atoms with van der Waals surface area (Å²) >= 11 is 14.0. The predicted molar refractivity (Wildman–Crippen MR) is 121 cm³/mol. The highest BCUT2D eigenvalue weighted by atomic mass is 35.5. The minimum atomic E-state index is -0.864. The Bertz CT molecular complexity index is 927. The number of aliphatic carboxylic acids is 1. The molecule has 0 aliphatic carbocycles. The van der Waals surface area contributed by atoms with Crippen LogP contribution >= 0.6 is 46.9 Å². The molecule has 29 heavy (non-hydrogen) atoms. The molecule has 0 saturated heterocycles. The van der Waals surface area contributed by atoms with Gasteiger partial charge in [-0.2, -0.15) is 0 Å². The summed E-state index contributed by atoms with van der Waals surface area (Å²) in [6.45, 7) is 4.19. The Labute approximate surface area is 190 Å². The van der Waals surface area contributed by atoms with Crippen molar-refractivity contribution < 1.29 is 14.7 Å². The van der Waals surface area contributed by atoms with E-state index in [-0.39, 0.29) is 12.4 Å². The third kappa shape index (κ3) is 6.20. The molecule has 0 amide bonds. The second kappa shape index (κ2) is 11.0. The van der Waals surface area contributed by atoms with Crippen molar-refractivity contribution in [2.75, 3.05) is 26.2 Å². The van der Waals surface area contributed by atoms with E-state index in [2.05, 4.69) is 5.16 Å². The first kappa shape index (κ1) is 23.7. The molecule has 3 rings (SSSR count). The van der Waals surface area contributed by atoms with Crippen molar-refractivity contribution in [1.29, 1.82) is 0 Å². The molecule has 0 bridgehead atoms. The number of carbonyl (C=O) groups is 1. The van der Waals surface area contributed by atoms with Crippen LogP contribution in [0.1, 0.15) is 22.4 Å². The minimum absolute atomic E-state index is 0. The molecule has 0 saturated carbocycles. The van der Waals surface area contributed by atoms with Gasteiger partial charge in [0.15, 0.2) is 0 Å². The number of aryl methyl sites for hydroxylation is 1. The van der Waals surface area contributed by atoms with Gasteiger partial charge in [-0.05, 0) is 48.6 Å². The lowest BCUT2D eigenvalue weighted by atomic mass is 10.1. The molecule has 1 aromatic heterocycles. The Morgan fingerprint density at radius 3 is 2.79 bits per heavy atom. The molecule has 0 spiro atoms. The van der Waals surface area contributed by atoms with Crippen molar-refractivity contribution in [2.24, 2.45) is 5.16 Å². The van der Waals surface area contributed by atoms with Gasteiger partial charge in [0, 0.05) is 35.8 Å². The van der Waals surface area contributed by atoms with Gasteiger partial charge in [-0.1, -0.05) is 34.4 Å². The number of thiophene rings is 1. The highest BCUT2D eigenvalue weighted by Crippen LogP contribution is 2.27. The van der Waals surface area contributed by atoms with Crippen LogP contribution in [0, 0.1) is 6.92 Å². The standard InChI is InChI=1S/C20H20Cl2N2O3S.ClH/c1-13-6-10-28-19(13)18(16-5-4-15(21)11-17(16)22)23-27-9-8-24-7-2-3-14(12-24)20(25)26;/h3-6,10-11H,2,7-9,12H2,1H3,(H,25,26);1H/b23-18+;. The number of rotatable bonds is 7. The summed E-state index contributed by atoms with van der Waals surface area (Å²) in [4.78, 5) is 19.8. The maximum absolute atomic E-state index is 11.1. The second-order valence-electron chi connectivity index (χ2n) is 6.43. The Morgan fingerprint density at radius 1 is 1.34 bits per heavy atom. The molecule has 1 aliphatic heterocycles. The molecule has 9 heteroatoms. The maximum Gasteiger partial charge on any atom is 0.332 e. The van der Waals surface area contributed by atoms with E-state index in [1.807, 2.05) is 29.3 Å². The first-order valence-corrected chi connectivity index (χ1v) is 10.4. The fourth-order valence-electron chi connectivity index (χ4n) is 2.94. The van der Waals surface area contributed by atoms with Gasteiger partial charge in [0.2, 0.25) is 0 Å². The number of nitrogens with zero attached hydrogens (tertiary/aromatic N) is 2. The highest BCUT2D eigenvalue weighted by Gasteiger charge is 2.18. The van der Waals surface area contributed by atoms with E-state index < -0.39 is 5.97 Å². The summed E-state index contributed by atoms with van der Waals surface area (Å²) in [5.74, 6) is -0.864. The van der Waals surface area contributed by atoms with Crippen molar-refractivity contribution in [3.8, 4) is 0 Å². The quantitative estimate of drug-likeness (QED) is 0.336. The van der Waals surface area contributed by atoms with Gasteiger partial charge in [0.05, 0.1) is 9.90 Å². The molecule has 0 radical (unpaired) electrons. The highest BCUT2D eigenvalue weighted by molar-refractivity contribution is 7.12. The molecular weight excluding hydrogens is 455 g/mol. The van der Waals surface area contributed by atoms with Crippen LogP contribution in [-0.2, 0) is 9.63 Å². The fourth-order valence-corrected chi connectivity index (χ4v) is 4.36. The van der Waals surface area contributed by atoms with Gasteiger partial charge >= 0.3 is 5.97 Å². The van der Waals surface area contributed by atoms with E-state index in [1.54, 1.807) is 29.5 Å². The molecular formula is C20H21Cl3N2O3S. The van der Waals surface area contributed by atoms with Crippen LogP contribution in [-0.4, -0.2) is 47.9 Å². The molecule has 0 unspecified atom stereocenters. The average molecular weight is 476 g/mol. The topological polar surface area (TPSA) is 62.1 Å². The molecule has 1 N–H and O–H groups in total. The SMILES string of the molecule is Cc1ccsc1/C(=N/OCCN1CCC=C(C(=O)O)C1)c1ccc(Cl)cc1Cl.Cl. The van der Waals surface area contributed by atoms with Gasteiger partial charge in [0.1, 0.15) is 12.3 Å². The monoisotopic (exact) mass is 474 g/mol. The Balaban J connectivity index is 0.00000300. The lowest BCUT2D eigenvalue weighted by Crippen LogP contribution is -2.34. The number of carboxylic acids is 1. The van der Waals surface area contributed by atoms with Gasteiger partial charge in [-0.3, -0.25) is 4.90 Å². The molecule has 2 heterocycles. The number of benzene rings is 1. The summed E-state index contributed by atoms with van der Waals surface area (Å²) in [6.07, 6.45) is 2.50. The van der Waals surface area contributed by atoms with Crippen molar-refractivity contribution in [3.05, 3.63) is 67.3 Å². The van der Waals surface area contributed by atoms with Crippen LogP contribution in [0.5, 0.6) is 0 Å². The zero-order valence-electron chi connectivity index (χ0n) is 15.7. The van der Waals surface area contributed by atoms with E-state index in [4.69, 9.17) is 33.1 Å². The molecule has 0 fully saturated rings. The van der Waals surface area contributed by atoms with Crippen molar-refractivity contribution in [1.82, 2.24) is 4.90 Å². The maximum atomic E-state index is 11.1. The molecule has 0 atom stereocenters. The third-order valence-electron chi connectivity index (χ3n) is 4.42. The van der Waals surface area contributed by atoms with E-state index in [0.717, 1.165) is 29.0 Å². The van der Waals surface area contributed by atoms with E-state index in [9.17, 15) is 4.79 Å². The average Bonchev–Trinajstić information content (AvgIpc) is 3.08. The van der Waals surface area contributed by atoms with Crippen LogP contribution in [0.2, 0.25) is 10.0 Å².